The number of para-hydroxylation sites is 12. The lowest BCUT2D eigenvalue weighted by molar-refractivity contribution is 0.434. The van der Waals surface area contributed by atoms with Crippen molar-refractivity contribution in [1.82, 2.24) is 0 Å². The van der Waals surface area contributed by atoms with Gasteiger partial charge in [0.05, 0.1) is 21.7 Å². The van der Waals surface area contributed by atoms with E-state index in [1.807, 2.05) is 12.1 Å². The second kappa shape index (κ2) is 31.1. The van der Waals surface area contributed by atoms with E-state index in [0.29, 0.717) is 0 Å². The molecule has 0 saturated heterocycles. The fourth-order valence-electron chi connectivity index (χ4n) is 23.8. The summed E-state index contributed by atoms with van der Waals surface area (Å²) in [4.78, 5) is 11.6. The molecule has 0 aromatic heterocycles. The largest absolute Gasteiger partial charge is 0.457 e. The summed E-state index contributed by atoms with van der Waals surface area (Å²) in [6.07, 6.45) is 0. The van der Waals surface area contributed by atoms with Gasteiger partial charge in [0.1, 0.15) is 11.5 Å². The summed E-state index contributed by atoms with van der Waals surface area (Å²) >= 11 is 0. The van der Waals surface area contributed by atoms with Gasteiger partial charge in [0.25, 0.3) is 0 Å². The lowest BCUT2D eigenvalue weighted by Crippen LogP contribution is -2.45. The van der Waals surface area contributed by atoms with Gasteiger partial charge in [0.15, 0.2) is 0 Å². The van der Waals surface area contributed by atoms with Crippen molar-refractivity contribution in [3.63, 3.8) is 0 Å². The van der Waals surface area contributed by atoms with Crippen molar-refractivity contribution >= 4 is 56.9 Å². The molecule has 0 saturated carbocycles. The normalized spacial score (nSPS) is 15.5. The lowest BCUT2D eigenvalue weighted by Gasteiger charge is -2.52. The van der Waals surface area contributed by atoms with Gasteiger partial charge < -0.3 is 29.2 Å². The number of hydrogen-bond acceptors (Lipinski definition) is 6. The smallest absolute Gasteiger partial charge is 0.132 e. The quantitative estimate of drug-likeness (QED) is 0.171. The summed E-state index contributed by atoms with van der Waals surface area (Å²) in [6.45, 7) is 9.34. The van der Waals surface area contributed by atoms with Crippen LogP contribution in [0.25, 0.3) is 11.1 Å². The number of nitrogens with zero attached hydrogens (tertiary/aromatic N) is 5. The summed E-state index contributed by atoms with van der Waals surface area (Å²) in [6, 6.07) is 163. The lowest BCUT2D eigenvalue weighted by atomic mass is 9.53. The highest BCUT2D eigenvalue weighted by Crippen LogP contribution is 2.66. The Morgan fingerprint density at radius 3 is 0.597 bits per heavy atom. The summed E-state index contributed by atoms with van der Waals surface area (Å²) in [5.74, 6) is 1.85. The van der Waals surface area contributed by atoms with Crippen LogP contribution in [0.5, 0.6) is 11.5 Å². The van der Waals surface area contributed by atoms with Gasteiger partial charge in [0.2, 0.25) is 0 Å². The third-order valence-electron chi connectivity index (χ3n) is 29.4. The SMILES string of the molecule is CN1c2ccccc2C(C)(C)c2ccccc21.CN1c2ccccc2C(c2ccccc2)(c2ccccc2)c2ccccc21.CN1c2ccccc2C2(c3ccccc3-c3ccccc32)c2ccccc21.CN1c2ccccc2C2(c3ccccc31)c1ccccc1C(C)(C)c1ccccc12.CN1c2ccccc2C2(c3ccccc3Oc3ccccc32)c2ccccc21. The summed E-state index contributed by atoms with van der Waals surface area (Å²) in [7, 11) is 10.8. The van der Waals surface area contributed by atoms with Crippen molar-refractivity contribution in [3.8, 4) is 22.6 Å². The molecule has 18 aromatic rings. The Balaban J connectivity index is 0.0000000957. The molecule has 2 aliphatic carbocycles. The van der Waals surface area contributed by atoms with Crippen molar-refractivity contribution in [2.45, 2.75) is 60.2 Å². The Bertz CT molecular complexity index is 6860. The molecule has 6 nitrogen and oxygen atoms in total. The number of rotatable bonds is 2. The van der Waals surface area contributed by atoms with Crippen LogP contribution in [0.3, 0.4) is 0 Å². The molecule has 3 spiro atoms. The van der Waals surface area contributed by atoms with Crippen LogP contribution >= 0.6 is 0 Å². The van der Waals surface area contributed by atoms with Gasteiger partial charge in [-0.25, -0.2) is 0 Å². The maximum absolute atomic E-state index is 6.35. The molecule has 0 atom stereocenters. The molecule has 0 radical (unpaired) electrons. The molecule has 0 N–H and O–H groups in total. The molecule has 0 fully saturated rings. The van der Waals surface area contributed by atoms with E-state index >= 15 is 0 Å². The maximum Gasteiger partial charge on any atom is 0.132 e. The van der Waals surface area contributed by atoms with E-state index in [0.717, 1.165) is 11.5 Å². The molecule has 6 aliphatic heterocycles. The first kappa shape index (κ1) is 79.6. The van der Waals surface area contributed by atoms with Crippen molar-refractivity contribution in [1.29, 1.82) is 0 Å². The zero-order chi connectivity index (χ0) is 87.5. The van der Waals surface area contributed by atoms with Crippen LogP contribution in [0.4, 0.5) is 56.9 Å². The number of anilines is 10. The van der Waals surface area contributed by atoms with E-state index < -0.39 is 5.41 Å². The first-order valence-electron chi connectivity index (χ1n) is 45.2. The minimum absolute atomic E-state index is 0.0499. The fraction of sp³-hybridized carbons (Fsp3) is 0.122. The molecule has 8 aliphatic rings. The van der Waals surface area contributed by atoms with E-state index in [4.69, 9.17) is 4.74 Å². The van der Waals surface area contributed by atoms with E-state index in [1.165, 1.54) is 179 Å². The van der Waals surface area contributed by atoms with E-state index in [1.54, 1.807) is 0 Å². The zero-order valence-corrected chi connectivity index (χ0v) is 74.4. The molecule has 0 unspecified atom stereocenters. The fourth-order valence-corrected chi connectivity index (χ4v) is 23.8. The van der Waals surface area contributed by atoms with Crippen LogP contribution in [0.15, 0.2) is 449 Å². The number of ether oxygens (including phenoxy) is 1. The number of benzene rings is 18. The van der Waals surface area contributed by atoms with Gasteiger partial charge in [-0.1, -0.05) is 404 Å². The molecule has 129 heavy (non-hydrogen) atoms. The highest BCUT2D eigenvalue weighted by Gasteiger charge is 2.56. The second-order valence-corrected chi connectivity index (χ2v) is 36.2. The van der Waals surface area contributed by atoms with Crippen molar-refractivity contribution < 1.29 is 4.74 Å². The minimum Gasteiger partial charge on any atom is -0.457 e. The van der Waals surface area contributed by atoms with Gasteiger partial charge in [0, 0.05) is 114 Å². The number of fused-ring (bicyclic) bond motifs is 29. The van der Waals surface area contributed by atoms with E-state index in [2.05, 4.69) is 524 Å². The monoisotopic (exact) mass is 1660 g/mol. The van der Waals surface area contributed by atoms with Crippen molar-refractivity contribution in [3.05, 3.63) is 560 Å². The Morgan fingerprint density at radius 1 is 0.147 bits per heavy atom. The van der Waals surface area contributed by atoms with Crippen LogP contribution < -0.4 is 29.2 Å². The minimum atomic E-state index is -0.398. The van der Waals surface area contributed by atoms with Crippen molar-refractivity contribution in [2.75, 3.05) is 59.7 Å². The van der Waals surface area contributed by atoms with Crippen LogP contribution in [0, 0.1) is 0 Å². The Labute approximate surface area is 759 Å². The van der Waals surface area contributed by atoms with Crippen LogP contribution in [0.1, 0.15) is 139 Å². The molecule has 6 heteroatoms. The number of hydrogen-bond donors (Lipinski definition) is 0. The topological polar surface area (TPSA) is 25.4 Å². The molecular weight excluding hydrogens is 1560 g/mol. The van der Waals surface area contributed by atoms with Gasteiger partial charge in [-0.15, -0.1) is 0 Å². The van der Waals surface area contributed by atoms with Crippen molar-refractivity contribution in [2.24, 2.45) is 0 Å². The molecule has 26 rings (SSSR count). The highest BCUT2D eigenvalue weighted by molar-refractivity contribution is 5.94. The van der Waals surface area contributed by atoms with Gasteiger partial charge in [-0.2, -0.15) is 0 Å². The first-order chi connectivity index (χ1) is 63.2. The van der Waals surface area contributed by atoms with E-state index in [9.17, 15) is 0 Å². The Hall–Kier alpha value is -15.2. The van der Waals surface area contributed by atoms with E-state index in [-0.39, 0.29) is 27.1 Å². The summed E-state index contributed by atoms with van der Waals surface area (Å²) in [5, 5.41) is 0. The summed E-state index contributed by atoms with van der Waals surface area (Å²) < 4.78 is 6.35. The molecule has 624 valence electrons. The molecular formula is C123H101N5O. The average Bonchev–Trinajstić information content (AvgIpc) is 1.66. The van der Waals surface area contributed by atoms with Gasteiger partial charge in [-0.3, -0.25) is 0 Å². The predicted octanol–water partition coefficient (Wildman–Crippen LogP) is 29.4. The average molecular weight is 1670 g/mol. The molecule has 6 heterocycles. The maximum atomic E-state index is 6.35. The third kappa shape index (κ3) is 11.6. The highest BCUT2D eigenvalue weighted by atomic mass is 16.5. The molecule has 0 amide bonds. The molecule has 0 bridgehead atoms. The standard InChI is InChI=1S/C29H25N.C26H19NO.C26H19N.C26H21N.C16H17N/c1-28(2)20-12-4-6-14-22(20)29(23-15-7-5-13-21(23)28)24-16-8-10-18-26(24)30(3)27-19-11-9-17-25(27)29;1-27-22-14-6-2-10-18(22)26(19-11-3-7-15-23(19)27)20-12-4-8-16-24(20)28-25-17-9-5-13-21(25)26;1-27-24-16-8-6-14-22(24)26(23-15-7-9-17-25(23)27)20-12-4-2-10-18(20)19-11-3-5-13-21(19)26;1-27-24-18-10-8-16-22(24)26(20-12-4-2-5-13-20,21-14-6-3-7-15-21)23-17-9-11-19-25(23)27;1-16(2)12-8-4-6-10-14(12)17(3)15-11-7-5-9-13(15)16/h4-19H,1-3H3;2-17H,1H3;2-17H,1H3;2-19H,1H3;4-11H,1-3H3. The van der Waals surface area contributed by atoms with Crippen LogP contribution in [-0.4, -0.2) is 35.2 Å². The Kier molecular flexibility index (Phi) is 19.2. The summed E-state index contributed by atoms with van der Waals surface area (Å²) in [5.41, 5.74) is 41.0. The van der Waals surface area contributed by atoms with Gasteiger partial charge >= 0.3 is 0 Å². The van der Waals surface area contributed by atoms with Crippen LogP contribution in [0.2, 0.25) is 0 Å². The zero-order valence-electron chi connectivity index (χ0n) is 74.4. The third-order valence-corrected chi connectivity index (χ3v) is 29.4. The predicted molar refractivity (Wildman–Crippen MR) is 536 cm³/mol. The second-order valence-electron chi connectivity index (χ2n) is 36.2. The first-order valence-corrected chi connectivity index (χ1v) is 45.2. The molecule has 18 aromatic carbocycles. The Morgan fingerprint density at radius 2 is 0.318 bits per heavy atom. The van der Waals surface area contributed by atoms with Gasteiger partial charge in [-0.05, 0) is 184 Å². The van der Waals surface area contributed by atoms with Crippen LogP contribution in [-0.2, 0) is 32.5 Å².